The second-order valence-electron chi connectivity index (χ2n) is 5.35. The zero-order valence-corrected chi connectivity index (χ0v) is 13.9. The number of amides is 3. The van der Waals surface area contributed by atoms with Crippen LogP contribution in [0, 0.1) is 0 Å². The van der Waals surface area contributed by atoms with Crippen molar-refractivity contribution >= 4 is 11.9 Å². The Bertz CT molecular complexity index is 555. The molecule has 0 saturated heterocycles. The number of nitrogens with one attached hydrogen (secondary N) is 3. The fourth-order valence-corrected chi connectivity index (χ4v) is 1.82. The van der Waals surface area contributed by atoms with E-state index in [1.807, 2.05) is 13.8 Å². The van der Waals surface area contributed by atoms with Gasteiger partial charge >= 0.3 is 12.6 Å². The van der Waals surface area contributed by atoms with Gasteiger partial charge in [-0.15, -0.1) is 0 Å². The highest BCUT2D eigenvalue weighted by Crippen LogP contribution is 2.19. The zero-order chi connectivity index (χ0) is 18.1. The number of hydrogen-bond donors (Lipinski definition) is 3. The molecule has 0 aliphatic rings. The topological polar surface area (TPSA) is 79.5 Å². The highest BCUT2D eigenvalue weighted by atomic mass is 19.3. The van der Waals surface area contributed by atoms with Crippen LogP contribution in [0.4, 0.5) is 13.6 Å². The van der Waals surface area contributed by atoms with E-state index in [0.29, 0.717) is 5.56 Å². The summed E-state index contributed by atoms with van der Waals surface area (Å²) in [5.74, 6) is -0.295. The third-order valence-electron chi connectivity index (χ3n) is 3.37. The molecule has 0 aliphatic carbocycles. The molecule has 0 heterocycles. The van der Waals surface area contributed by atoms with Crippen molar-refractivity contribution in [2.24, 2.45) is 0 Å². The van der Waals surface area contributed by atoms with Crippen LogP contribution in [0.15, 0.2) is 24.3 Å². The van der Waals surface area contributed by atoms with Gasteiger partial charge in [0.25, 0.3) is 0 Å². The van der Waals surface area contributed by atoms with E-state index >= 15 is 0 Å². The summed E-state index contributed by atoms with van der Waals surface area (Å²) in [4.78, 5) is 23.7. The molecule has 24 heavy (non-hydrogen) atoms. The molecule has 0 fully saturated rings. The van der Waals surface area contributed by atoms with Gasteiger partial charge in [0, 0.05) is 18.2 Å². The fraction of sp³-hybridized carbons (Fsp3) is 0.500. The number of carbonyl (C=O) groups is 2. The molecule has 1 aromatic rings. The standard InChI is InChI=1S/C16H23F2N3O3/c1-4-10(2)20-14(22)11(3)21-16(23)19-9-12-7-5-6-8-13(12)24-15(17)18/h5-8,10-11,15H,4,9H2,1-3H3,(H,20,22)(H2,19,21,23)/t10-,11-/m0/s1. The molecule has 8 heteroatoms. The Balaban J connectivity index is 2.50. The van der Waals surface area contributed by atoms with E-state index in [4.69, 9.17) is 0 Å². The first kappa shape index (κ1) is 19.7. The average Bonchev–Trinajstić information content (AvgIpc) is 2.53. The van der Waals surface area contributed by atoms with Gasteiger partial charge in [-0.3, -0.25) is 4.79 Å². The molecular formula is C16H23F2N3O3. The smallest absolute Gasteiger partial charge is 0.387 e. The van der Waals surface area contributed by atoms with Gasteiger partial charge < -0.3 is 20.7 Å². The van der Waals surface area contributed by atoms with Crippen molar-refractivity contribution in [2.45, 2.75) is 52.4 Å². The summed E-state index contributed by atoms with van der Waals surface area (Å²) in [5.41, 5.74) is 0.407. The van der Waals surface area contributed by atoms with Crippen molar-refractivity contribution in [3.05, 3.63) is 29.8 Å². The van der Waals surface area contributed by atoms with Crippen molar-refractivity contribution < 1.29 is 23.1 Å². The zero-order valence-electron chi connectivity index (χ0n) is 13.9. The van der Waals surface area contributed by atoms with E-state index in [1.165, 1.54) is 6.07 Å². The Morgan fingerprint density at radius 1 is 1.17 bits per heavy atom. The average molecular weight is 343 g/mol. The highest BCUT2D eigenvalue weighted by molar-refractivity contribution is 5.86. The van der Waals surface area contributed by atoms with E-state index in [2.05, 4.69) is 20.7 Å². The van der Waals surface area contributed by atoms with E-state index < -0.39 is 18.7 Å². The highest BCUT2D eigenvalue weighted by Gasteiger charge is 2.17. The summed E-state index contributed by atoms with van der Waals surface area (Å²) in [6.45, 7) is 2.42. The molecule has 0 aromatic heterocycles. The number of halogens is 2. The normalized spacial score (nSPS) is 13.1. The molecule has 1 aromatic carbocycles. The van der Waals surface area contributed by atoms with Gasteiger partial charge in [0.1, 0.15) is 11.8 Å². The molecule has 0 spiro atoms. The van der Waals surface area contributed by atoms with Crippen molar-refractivity contribution in [2.75, 3.05) is 0 Å². The lowest BCUT2D eigenvalue weighted by atomic mass is 10.2. The second kappa shape index (κ2) is 9.69. The molecule has 3 amide bonds. The van der Waals surface area contributed by atoms with E-state index in [9.17, 15) is 18.4 Å². The number of ether oxygens (including phenoxy) is 1. The molecule has 0 radical (unpaired) electrons. The minimum atomic E-state index is -2.94. The predicted molar refractivity (Wildman–Crippen MR) is 85.8 cm³/mol. The number of benzene rings is 1. The van der Waals surface area contributed by atoms with Gasteiger partial charge in [-0.1, -0.05) is 25.1 Å². The molecule has 0 unspecified atom stereocenters. The summed E-state index contributed by atoms with van der Waals surface area (Å²) >= 11 is 0. The first-order valence-electron chi connectivity index (χ1n) is 7.71. The third kappa shape index (κ3) is 6.80. The Morgan fingerprint density at radius 2 is 1.83 bits per heavy atom. The molecule has 0 bridgehead atoms. The third-order valence-corrected chi connectivity index (χ3v) is 3.37. The van der Waals surface area contributed by atoms with Gasteiger partial charge in [0.05, 0.1) is 0 Å². The van der Waals surface area contributed by atoms with Gasteiger partial charge in [0.15, 0.2) is 0 Å². The first-order valence-corrected chi connectivity index (χ1v) is 7.71. The Labute approximate surface area is 139 Å². The minimum absolute atomic E-state index is 0.00429. The van der Waals surface area contributed by atoms with Gasteiger partial charge in [-0.25, -0.2) is 4.79 Å². The first-order chi connectivity index (χ1) is 11.3. The SMILES string of the molecule is CC[C@H](C)NC(=O)[C@H](C)NC(=O)NCc1ccccc1OC(F)F. The van der Waals surface area contributed by atoms with Crippen LogP contribution in [0.2, 0.25) is 0 Å². The Morgan fingerprint density at radius 3 is 2.46 bits per heavy atom. The second-order valence-corrected chi connectivity index (χ2v) is 5.35. The van der Waals surface area contributed by atoms with E-state index in [-0.39, 0.29) is 24.2 Å². The van der Waals surface area contributed by atoms with Crippen LogP contribution >= 0.6 is 0 Å². The monoisotopic (exact) mass is 343 g/mol. The molecule has 0 aliphatic heterocycles. The van der Waals surface area contributed by atoms with Crippen LogP contribution in [0.3, 0.4) is 0 Å². The summed E-state index contributed by atoms with van der Waals surface area (Å²) in [6, 6.07) is 4.89. The van der Waals surface area contributed by atoms with Gasteiger partial charge in [-0.2, -0.15) is 8.78 Å². The molecule has 134 valence electrons. The van der Waals surface area contributed by atoms with Crippen LogP contribution in [0.1, 0.15) is 32.8 Å². The van der Waals surface area contributed by atoms with Crippen molar-refractivity contribution in [3.8, 4) is 5.75 Å². The number of alkyl halides is 2. The molecule has 6 nitrogen and oxygen atoms in total. The lowest BCUT2D eigenvalue weighted by Crippen LogP contribution is -2.50. The van der Waals surface area contributed by atoms with Gasteiger partial charge in [0.2, 0.25) is 5.91 Å². The molecule has 2 atom stereocenters. The van der Waals surface area contributed by atoms with Gasteiger partial charge in [-0.05, 0) is 26.3 Å². The quantitative estimate of drug-likeness (QED) is 0.678. The van der Waals surface area contributed by atoms with Crippen LogP contribution in [-0.2, 0) is 11.3 Å². The number of para-hydroxylation sites is 1. The summed E-state index contributed by atoms with van der Waals surface area (Å²) in [6.07, 6.45) is 0.783. The van der Waals surface area contributed by atoms with Crippen LogP contribution in [-0.4, -0.2) is 30.6 Å². The lowest BCUT2D eigenvalue weighted by Gasteiger charge is -2.18. The Hall–Kier alpha value is -2.38. The van der Waals surface area contributed by atoms with Crippen molar-refractivity contribution in [1.29, 1.82) is 0 Å². The fourth-order valence-electron chi connectivity index (χ4n) is 1.82. The van der Waals surface area contributed by atoms with Crippen LogP contribution in [0.25, 0.3) is 0 Å². The largest absolute Gasteiger partial charge is 0.434 e. The van der Waals surface area contributed by atoms with Crippen molar-refractivity contribution in [1.82, 2.24) is 16.0 Å². The summed E-state index contributed by atoms with van der Waals surface area (Å²) in [7, 11) is 0. The maximum atomic E-state index is 12.3. The van der Waals surface area contributed by atoms with E-state index in [1.54, 1.807) is 25.1 Å². The molecule has 3 N–H and O–H groups in total. The lowest BCUT2D eigenvalue weighted by molar-refractivity contribution is -0.123. The van der Waals surface area contributed by atoms with E-state index in [0.717, 1.165) is 6.42 Å². The molecular weight excluding hydrogens is 320 g/mol. The predicted octanol–water partition coefficient (Wildman–Crippen LogP) is 2.39. The van der Waals surface area contributed by atoms with Crippen molar-refractivity contribution in [3.63, 3.8) is 0 Å². The molecule has 1 rings (SSSR count). The maximum absolute atomic E-state index is 12.3. The minimum Gasteiger partial charge on any atom is -0.434 e. The maximum Gasteiger partial charge on any atom is 0.387 e. The Kier molecular flexibility index (Phi) is 7.94. The van der Waals surface area contributed by atoms with Crippen LogP contribution in [0.5, 0.6) is 5.75 Å². The summed E-state index contributed by atoms with van der Waals surface area (Å²) in [5, 5.41) is 7.75. The number of urea groups is 1. The summed E-state index contributed by atoms with van der Waals surface area (Å²) < 4.78 is 29.0. The molecule has 0 saturated carbocycles. The number of rotatable bonds is 8. The van der Waals surface area contributed by atoms with Crippen LogP contribution < -0.4 is 20.7 Å². The number of carbonyl (C=O) groups excluding carboxylic acids is 2. The number of hydrogen-bond acceptors (Lipinski definition) is 3.